The molecule has 8 nitrogen and oxygen atoms in total. The maximum atomic E-state index is 13.0. The van der Waals surface area contributed by atoms with Gasteiger partial charge in [-0.15, -0.1) is 6.58 Å². The highest BCUT2D eigenvalue weighted by Gasteiger charge is 2.41. The van der Waals surface area contributed by atoms with Crippen molar-refractivity contribution >= 4 is 23.3 Å². The number of nitrogens with one attached hydrogen (secondary N) is 1. The molecule has 2 aliphatic heterocycles. The summed E-state index contributed by atoms with van der Waals surface area (Å²) in [5.41, 5.74) is 1.92. The second kappa shape index (κ2) is 12.5. The number of imidazole rings is 1. The Kier molecular flexibility index (Phi) is 8.72. The smallest absolute Gasteiger partial charge is 0.378 e. The molecule has 3 fully saturated rings. The Morgan fingerprint density at radius 1 is 1.07 bits per heavy atom. The summed E-state index contributed by atoms with van der Waals surface area (Å²) < 4.78 is 39.0. The van der Waals surface area contributed by atoms with Gasteiger partial charge in [-0.1, -0.05) is 24.1 Å². The van der Waals surface area contributed by atoms with E-state index < -0.39 is 18.0 Å². The number of carbonyl (C=O) groups excluding carboxylic acids is 1. The highest BCUT2D eigenvalue weighted by Crippen LogP contribution is 2.42. The van der Waals surface area contributed by atoms with Crippen LogP contribution in [0.1, 0.15) is 65.7 Å². The molecule has 2 saturated heterocycles. The van der Waals surface area contributed by atoms with Crippen LogP contribution in [0, 0.1) is 0 Å². The lowest BCUT2D eigenvalue weighted by Crippen LogP contribution is -2.58. The minimum absolute atomic E-state index is 0.0329. The second-order valence-electron chi connectivity index (χ2n) is 11.9. The highest BCUT2D eigenvalue weighted by molar-refractivity contribution is 6.30. The molecule has 1 amide bonds. The number of anilines is 1. The molecular weight excluding hydrogens is 593 g/mol. The molecule has 0 spiro atoms. The Bertz CT molecular complexity index is 1480. The highest BCUT2D eigenvalue weighted by atomic mass is 35.5. The summed E-state index contributed by atoms with van der Waals surface area (Å²) in [4.78, 5) is 31.3. The lowest BCUT2D eigenvalue weighted by molar-refractivity contribution is -0.207. The Balaban J connectivity index is 1.14. The molecule has 0 radical (unpaired) electrons. The average Bonchev–Trinajstić information content (AvgIpc) is 3.49. The van der Waals surface area contributed by atoms with Gasteiger partial charge in [0.05, 0.1) is 11.9 Å². The van der Waals surface area contributed by atoms with Crippen molar-refractivity contribution in [1.29, 1.82) is 0 Å². The number of carbonyl (C=O) groups is 1. The molecule has 6 rings (SSSR count). The maximum absolute atomic E-state index is 13.0. The van der Waals surface area contributed by atoms with Gasteiger partial charge in [0.25, 0.3) is 5.91 Å². The third kappa shape index (κ3) is 6.23. The lowest BCUT2D eigenvalue weighted by atomic mass is 9.79. The summed E-state index contributed by atoms with van der Waals surface area (Å²) in [7, 11) is 0. The van der Waals surface area contributed by atoms with E-state index in [2.05, 4.69) is 26.3 Å². The number of hydrogen-bond donors (Lipinski definition) is 2. The summed E-state index contributed by atoms with van der Waals surface area (Å²) in [6, 6.07) is 9.46. The van der Waals surface area contributed by atoms with Crippen LogP contribution in [0.2, 0.25) is 5.02 Å². The van der Waals surface area contributed by atoms with E-state index in [0.717, 1.165) is 69.3 Å². The molecule has 1 aromatic carbocycles. The zero-order chi connectivity index (χ0) is 31.0. The number of amides is 1. The summed E-state index contributed by atoms with van der Waals surface area (Å²) in [6.45, 7) is 7.87. The fourth-order valence-electron chi connectivity index (χ4n) is 6.54. The fourth-order valence-corrected chi connectivity index (χ4v) is 6.67. The molecule has 1 aliphatic carbocycles. The number of likely N-dealkylation sites (tertiary alicyclic amines) is 1. The van der Waals surface area contributed by atoms with Crippen molar-refractivity contribution in [2.24, 2.45) is 0 Å². The number of piperidine rings is 1. The molecule has 2 atom stereocenters. The normalized spacial score (nSPS) is 21.2. The predicted molar refractivity (Wildman–Crippen MR) is 163 cm³/mol. The second-order valence-corrected chi connectivity index (χ2v) is 12.3. The number of aliphatic hydroxyl groups is 1. The monoisotopic (exact) mass is 628 g/mol. The Hall–Kier alpha value is -3.41. The topological polar surface area (TPSA) is 88.6 Å². The van der Waals surface area contributed by atoms with Crippen LogP contribution < -0.4 is 4.90 Å². The maximum Gasteiger partial charge on any atom is 0.420 e. The molecule has 2 aromatic heterocycles. The molecule has 234 valence electrons. The van der Waals surface area contributed by atoms with Crippen molar-refractivity contribution in [2.75, 3.05) is 37.6 Å². The summed E-state index contributed by atoms with van der Waals surface area (Å²) in [5, 5.41) is 10.2. The van der Waals surface area contributed by atoms with E-state index >= 15 is 0 Å². The lowest BCUT2D eigenvalue weighted by Gasteiger charge is -2.47. The number of hydrogen-bond acceptors (Lipinski definition) is 6. The van der Waals surface area contributed by atoms with Gasteiger partial charge in [-0.05, 0) is 67.5 Å². The van der Waals surface area contributed by atoms with Gasteiger partial charge < -0.3 is 19.9 Å². The van der Waals surface area contributed by atoms with Crippen LogP contribution in [0.15, 0.2) is 55.4 Å². The van der Waals surface area contributed by atoms with E-state index in [1.165, 1.54) is 0 Å². The van der Waals surface area contributed by atoms with Crippen LogP contribution in [0.5, 0.6) is 0 Å². The Labute approximate surface area is 259 Å². The van der Waals surface area contributed by atoms with Crippen LogP contribution in [0.4, 0.5) is 19.0 Å². The molecule has 44 heavy (non-hydrogen) atoms. The zero-order valence-electron chi connectivity index (χ0n) is 24.3. The quantitative estimate of drug-likeness (QED) is 0.314. The fraction of sp³-hybridized carbons (Fsp3) is 0.469. The molecule has 1 unspecified atom stereocenters. The number of aromatic amines is 1. The number of benzene rings is 1. The molecule has 3 aromatic rings. The van der Waals surface area contributed by atoms with Crippen LogP contribution in [0.3, 0.4) is 0 Å². The molecule has 3 aliphatic rings. The standard InChI is InChI=1S/C32H36ClF3N6O2/c1-2-24-19-41(14-15-42(24)25-10-12-40(13-11-25)31(44)21-6-8-23(33)9-7-21)30-26(20-4-3-5-20)16-22(17-38-30)29-37-18-27(39-29)28(43)32(34,35)36/h2,6-9,16-18,20,24-25,28,43H,1,3-5,10-15,19H2,(H,37,39)/t24-,28?/m0/s1. The van der Waals surface area contributed by atoms with Crippen LogP contribution in [-0.4, -0.2) is 86.7 Å². The minimum Gasteiger partial charge on any atom is -0.378 e. The zero-order valence-corrected chi connectivity index (χ0v) is 25.1. The van der Waals surface area contributed by atoms with Crippen molar-refractivity contribution < 1.29 is 23.1 Å². The number of halogens is 4. The molecular formula is C32H36ClF3N6O2. The van der Waals surface area contributed by atoms with Gasteiger partial charge in [-0.3, -0.25) is 9.69 Å². The van der Waals surface area contributed by atoms with Crippen molar-refractivity contribution in [2.45, 2.75) is 62.4 Å². The minimum atomic E-state index is -4.78. The predicted octanol–water partition coefficient (Wildman–Crippen LogP) is 5.97. The van der Waals surface area contributed by atoms with Gasteiger partial charge in [0.1, 0.15) is 11.6 Å². The molecule has 0 bridgehead atoms. The molecule has 12 heteroatoms. The van der Waals surface area contributed by atoms with E-state index in [4.69, 9.17) is 16.6 Å². The van der Waals surface area contributed by atoms with Crippen molar-refractivity contribution in [3.8, 4) is 11.4 Å². The average molecular weight is 629 g/mol. The van der Waals surface area contributed by atoms with Gasteiger partial charge in [0.2, 0.25) is 0 Å². The molecule has 2 N–H and O–H groups in total. The first-order chi connectivity index (χ1) is 21.1. The van der Waals surface area contributed by atoms with E-state index in [9.17, 15) is 23.1 Å². The van der Waals surface area contributed by atoms with Crippen molar-refractivity contribution in [3.05, 3.63) is 77.2 Å². The Morgan fingerprint density at radius 3 is 2.43 bits per heavy atom. The van der Waals surface area contributed by atoms with E-state index in [1.54, 1.807) is 30.5 Å². The molecule has 4 heterocycles. The van der Waals surface area contributed by atoms with Crippen LogP contribution in [0.25, 0.3) is 11.4 Å². The van der Waals surface area contributed by atoms with Gasteiger partial charge in [0.15, 0.2) is 6.10 Å². The number of aliphatic hydroxyl groups excluding tert-OH is 1. The van der Waals surface area contributed by atoms with E-state index in [1.807, 2.05) is 17.0 Å². The first kappa shape index (κ1) is 30.6. The number of nitrogens with zero attached hydrogens (tertiary/aromatic N) is 5. The van der Waals surface area contributed by atoms with E-state index in [-0.39, 0.29) is 17.8 Å². The summed E-state index contributed by atoms with van der Waals surface area (Å²) in [6.07, 6.45) is 2.22. The van der Waals surface area contributed by atoms with Gasteiger partial charge >= 0.3 is 6.18 Å². The number of alkyl halides is 3. The van der Waals surface area contributed by atoms with E-state index in [0.29, 0.717) is 41.2 Å². The van der Waals surface area contributed by atoms with Gasteiger partial charge in [-0.25, -0.2) is 9.97 Å². The van der Waals surface area contributed by atoms with Crippen LogP contribution >= 0.6 is 11.6 Å². The van der Waals surface area contributed by atoms with Crippen molar-refractivity contribution in [3.63, 3.8) is 0 Å². The number of aromatic nitrogens is 3. The third-order valence-corrected chi connectivity index (χ3v) is 9.51. The number of H-pyrrole nitrogens is 1. The van der Waals surface area contributed by atoms with Gasteiger partial charge in [-0.2, -0.15) is 13.2 Å². The number of pyridine rings is 1. The van der Waals surface area contributed by atoms with Crippen LogP contribution in [-0.2, 0) is 0 Å². The first-order valence-corrected chi connectivity index (χ1v) is 15.5. The number of piperazine rings is 1. The largest absolute Gasteiger partial charge is 0.420 e. The Morgan fingerprint density at radius 2 is 1.80 bits per heavy atom. The summed E-state index contributed by atoms with van der Waals surface area (Å²) >= 11 is 5.98. The third-order valence-electron chi connectivity index (χ3n) is 9.26. The number of rotatable bonds is 7. The SMILES string of the molecule is C=C[C@H]1CN(c2ncc(-c3ncc(C(O)C(F)(F)F)[nH]3)cc2C2CCC2)CCN1C1CCN(C(=O)c2ccc(Cl)cc2)CC1. The molecule has 1 saturated carbocycles. The summed E-state index contributed by atoms with van der Waals surface area (Å²) in [5.74, 6) is 1.51. The van der Waals surface area contributed by atoms with Crippen molar-refractivity contribution in [1.82, 2.24) is 24.8 Å². The van der Waals surface area contributed by atoms with Gasteiger partial charge in [0, 0.05) is 67.2 Å². The first-order valence-electron chi connectivity index (χ1n) is 15.1.